The second-order valence-corrected chi connectivity index (χ2v) is 10.2. The van der Waals surface area contributed by atoms with E-state index in [-0.39, 0.29) is 17.7 Å². The third-order valence-corrected chi connectivity index (χ3v) is 7.61. The van der Waals surface area contributed by atoms with Crippen LogP contribution in [0.3, 0.4) is 0 Å². The zero-order valence-electron chi connectivity index (χ0n) is 19.8. The maximum Gasteiger partial charge on any atom is 0.242 e. The highest BCUT2D eigenvalue weighted by Gasteiger charge is 2.23. The van der Waals surface area contributed by atoms with Gasteiger partial charge < -0.3 is 10.6 Å². The van der Waals surface area contributed by atoms with E-state index in [1.807, 2.05) is 86.6 Å². The van der Waals surface area contributed by atoms with Gasteiger partial charge in [0.2, 0.25) is 11.8 Å². The summed E-state index contributed by atoms with van der Waals surface area (Å²) in [6, 6.07) is 23.7. The molecule has 4 nitrogen and oxygen atoms in total. The van der Waals surface area contributed by atoms with Gasteiger partial charge in [0.15, 0.2) is 0 Å². The molecule has 0 saturated heterocycles. The molecule has 0 aliphatic heterocycles. The van der Waals surface area contributed by atoms with Crippen molar-refractivity contribution in [1.29, 1.82) is 0 Å². The largest absolute Gasteiger partial charge is 0.326 e. The molecule has 1 saturated carbocycles. The van der Waals surface area contributed by atoms with Crippen molar-refractivity contribution in [1.82, 2.24) is 0 Å². The highest BCUT2D eigenvalue weighted by atomic mass is 32.2. The van der Waals surface area contributed by atoms with Crippen molar-refractivity contribution in [3.63, 3.8) is 0 Å². The zero-order valence-corrected chi connectivity index (χ0v) is 20.7. The predicted octanol–water partition coefficient (Wildman–Crippen LogP) is 7.29. The number of benzene rings is 3. The van der Waals surface area contributed by atoms with Gasteiger partial charge in [-0.3, -0.25) is 9.59 Å². The summed E-state index contributed by atoms with van der Waals surface area (Å²) in [6.07, 6.45) is 5.47. The molecule has 3 aromatic rings. The highest BCUT2D eigenvalue weighted by molar-refractivity contribution is 8.00. The van der Waals surface area contributed by atoms with E-state index in [0.29, 0.717) is 0 Å². The molecular weight excluding hydrogens is 440 g/mol. The Labute approximate surface area is 206 Å². The number of aryl methyl sites for hydroxylation is 2. The molecule has 1 fully saturated rings. The molecule has 0 aromatic heterocycles. The van der Waals surface area contributed by atoms with Crippen LogP contribution in [0, 0.1) is 19.8 Å². The van der Waals surface area contributed by atoms with E-state index in [0.717, 1.165) is 58.6 Å². The Morgan fingerprint density at radius 1 is 0.853 bits per heavy atom. The topological polar surface area (TPSA) is 58.2 Å². The number of hydrogen-bond donors (Lipinski definition) is 2. The number of hydrogen-bond acceptors (Lipinski definition) is 3. The molecule has 1 unspecified atom stereocenters. The van der Waals surface area contributed by atoms with Crippen molar-refractivity contribution >= 4 is 35.0 Å². The highest BCUT2D eigenvalue weighted by Crippen LogP contribution is 2.37. The number of carbonyl (C=O) groups excluding carboxylic acids is 2. The molecule has 0 radical (unpaired) electrons. The number of nitrogens with one attached hydrogen (secondary N) is 2. The Hall–Kier alpha value is -3.05. The third-order valence-electron chi connectivity index (χ3n) is 6.34. The molecule has 2 N–H and O–H groups in total. The van der Waals surface area contributed by atoms with Crippen molar-refractivity contribution < 1.29 is 9.59 Å². The second-order valence-electron chi connectivity index (χ2n) is 9.06. The number of amides is 2. The Balaban J connectivity index is 1.47. The number of anilines is 2. The molecule has 0 bridgehead atoms. The van der Waals surface area contributed by atoms with Crippen molar-refractivity contribution in [3.8, 4) is 0 Å². The van der Waals surface area contributed by atoms with Crippen LogP contribution in [0.1, 0.15) is 54.0 Å². The van der Waals surface area contributed by atoms with E-state index in [1.165, 1.54) is 18.2 Å². The Morgan fingerprint density at radius 3 is 2.26 bits per heavy atom. The quantitative estimate of drug-likeness (QED) is 0.355. The summed E-state index contributed by atoms with van der Waals surface area (Å²) in [5, 5.41) is 5.79. The number of rotatable bonds is 7. The molecule has 3 aromatic carbocycles. The molecular formula is C29H32N2O2S. The van der Waals surface area contributed by atoms with E-state index in [2.05, 4.69) is 10.6 Å². The maximum atomic E-state index is 13.4. The minimum Gasteiger partial charge on any atom is -0.326 e. The lowest BCUT2D eigenvalue weighted by atomic mass is 9.88. The van der Waals surface area contributed by atoms with Crippen molar-refractivity contribution in [3.05, 3.63) is 89.5 Å². The molecule has 1 atom stereocenters. The van der Waals surface area contributed by atoms with Gasteiger partial charge in [-0.15, -0.1) is 11.8 Å². The van der Waals surface area contributed by atoms with Crippen molar-refractivity contribution in [2.75, 3.05) is 10.6 Å². The summed E-state index contributed by atoms with van der Waals surface area (Å²) < 4.78 is 0. The predicted molar refractivity (Wildman–Crippen MR) is 141 cm³/mol. The number of thioether (sulfide) groups is 1. The summed E-state index contributed by atoms with van der Waals surface area (Å²) in [5.74, 6) is 0.189. The first-order valence-corrected chi connectivity index (χ1v) is 12.9. The fourth-order valence-corrected chi connectivity index (χ4v) is 5.36. The van der Waals surface area contributed by atoms with Crippen LogP contribution in [0.4, 0.5) is 11.4 Å². The van der Waals surface area contributed by atoms with Gasteiger partial charge in [0, 0.05) is 22.2 Å². The Bertz CT molecular complexity index is 1120. The molecule has 5 heteroatoms. The molecule has 0 heterocycles. The van der Waals surface area contributed by atoms with E-state index in [4.69, 9.17) is 0 Å². The van der Waals surface area contributed by atoms with Crippen LogP contribution >= 0.6 is 11.8 Å². The monoisotopic (exact) mass is 472 g/mol. The summed E-state index contributed by atoms with van der Waals surface area (Å²) in [7, 11) is 0. The first-order valence-electron chi connectivity index (χ1n) is 12.0. The summed E-state index contributed by atoms with van der Waals surface area (Å²) >= 11 is 1.51. The molecule has 176 valence electrons. The van der Waals surface area contributed by atoms with Gasteiger partial charge in [0.25, 0.3) is 0 Å². The maximum absolute atomic E-state index is 13.4. The van der Waals surface area contributed by atoms with Crippen LogP contribution in [0.25, 0.3) is 0 Å². The minimum atomic E-state index is -0.399. The molecule has 34 heavy (non-hydrogen) atoms. The van der Waals surface area contributed by atoms with Crippen molar-refractivity contribution in [2.24, 2.45) is 5.92 Å². The van der Waals surface area contributed by atoms with Crippen LogP contribution in [-0.2, 0) is 9.59 Å². The van der Waals surface area contributed by atoms with Gasteiger partial charge >= 0.3 is 0 Å². The molecule has 0 spiro atoms. The fraction of sp³-hybridized carbons (Fsp3) is 0.310. The van der Waals surface area contributed by atoms with Crippen LogP contribution in [-0.4, -0.2) is 11.8 Å². The average Bonchev–Trinajstić information content (AvgIpc) is 2.86. The van der Waals surface area contributed by atoms with Gasteiger partial charge in [-0.2, -0.15) is 0 Å². The normalized spacial score (nSPS) is 14.9. The summed E-state index contributed by atoms with van der Waals surface area (Å²) in [6.45, 7) is 4.02. The van der Waals surface area contributed by atoms with E-state index >= 15 is 0 Å². The zero-order chi connectivity index (χ0) is 23.9. The average molecular weight is 473 g/mol. The first kappa shape index (κ1) is 24.1. The standard InChI is InChI=1S/C29H32N2O2S/c1-20-13-14-21(2)26(19-20)31-29(33)27(22-9-5-3-6-10-22)34-25-17-15-24(16-18-25)30-28(32)23-11-7-4-8-12-23/h3,5-6,9-10,13-19,23,27H,4,7-8,11-12H2,1-2H3,(H,30,32)(H,31,33). The molecule has 2 amide bonds. The Kier molecular flexibility index (Phi) is 8.07. The number of carbonyl (C=O) groups is 2. The molecule has 4 rings (SSSR count). The van der Waals surface area contributed by atoms with Gasteiger partial charge in [-0.1, -0.05) is 61.7 Å². The fourth-order valence-electron chi connectivity index (χ4n) is 4.33. The first-order chi connectivity index (χ1) is 16.5. The van der Waals surface area contributed by atoms with Gasteiger partial charge in [0.05, 0.1) is 0 Å². The summed E-state index contributed by atoms with van der Waals surface area (Å²) in [4.78, 5) is 26.9. The van der Waals surface area contributed by atoms with Gasteiger partial charge in [-0.25, -0.2) is 0 Å². The van der Waals surface area contributed by atoms with Crippen LogP contribution in [0.5, 0.6) is 0 Å². The van der Waals surface area contributed by atoms with Crippen molar-refractivity contribution in [2.45, 2.75) is 56.1 Å². The second kappa shape index (κ2) is 11.4. The Morgan fingerprint density at radius 2 is 1.56 bits per heavy atom. The lowest BCUT2D eigenvalue weighted by Gasteiger charge is -2.21. The minimum absolute atomic E-state index is 0.0559. The van der Waals surface area contributed by atoms with E-state index in [9.17, 15) is 9.59 Å². The molecule has 1 aliphatic rings. The van der Waals surface area contributed by atoms with Gasteiger partial charge in [-0.05, 0) is 73.7 Å². The van der Waals surface area contributed by atoms with Crippen LogP contribution in [0.2, 0.25) is 0 Å². The lowest BCUT2D eigenvalue weighted by molar-refractivity contribution is -0.120. The lowest BCUT2D eigenvalue weighted by Crippen LogP contribution is -2.24. The third kappa shape index (κ3) is 6.29. The summed E-state index contributed by atoms with van der Waals surface area (Å²) in [5.41, 5.74) is 4.73. The smallest absolute Gasteiger partial charge is 0.242 e. The van der Waals surface area contributed by atoms with Gasteiger partial charge in [0.1, 0.15) is 5.25 Å². The SMILES string of the molecule is Cc1ccc(C)c(NC(=O)C(Sc2ccc(NC(=O)C3CCCCC3)cc2)c2ccccc2)c1. The van der Waals surface area contributed by atoms with E-state index < -0.39 is 5.25 Å². The molecule has 1 aliphatic carbocycles. The van der Waals surface area contributed by atoms with Crippen LogP contribution in [0.15, 0.2) is 77.7 Å². The van der Waals surface area contributed by atoms with E-state index in [1.54, 1.807) is 0 Å². The van der Waals surface area contributed by atoms with Crippen LogP contribution < -0.4 is 10.6 Å².